The van der Waals surface area contributed by atoms with E-state index in [4.69, 9.17) is 5.21 Å². The quantitative estimate of drug-likeness (QED) is 0.643. The highest BCUT2D eigenvalue weighted by Crippen LogP contribution is 2.18. The molecule has 1 fully saturated rings. The number of hydrogen-bond donors (Lipinski definition) is 2. The van der Waals surface area contributed by atoms with Crippen molar-refractivity contribution >= 4 is 5.91 Å². The number of nitrogens with one attached hydrogen (secondary N) is 1. The highest BCUT2D eigenvalue weighted by atomic mass is 19.1. The van der Waals surface area contributed by atoms with Gasteiger partial charge in [0.1, 0.15) is 5.67 Å². The summed E-state index contributed by atoms with van der Waals surface area (Å²) in [6, 6.07) is 7.55. The third-order valence-corrected chi connectivity index (χ3v) is 4.15. The topological polar surface area (TPSA) is 55.8 Å². The van der Waals surface area contributed by atoms with E-state index < -0.39 is 11.6 Å². The third-order valence-electron chi connectivity index (χ3n) is 4.15. The van der Waals surface area contributed by atoms with Gasteiger partial charge in [-0.05, 0) is 38.5 Å². The van der Waals surface area contributed by atoms with Gasteiger partial charge >= 0.3 is 0 Å². The highest BCUT2D eigenvalue weighted by molar-refractivity contribution is 5.93. The van der Waals surface area contributed by atoms with Gasteiger partial charge in [0, 0.05) is 44.3 Å². The van der Waals surface area contributed by atoms with Crippen LogP contribution in [-0.2, 0) is 6.54 Å². The Bertz CT molecular complexity index is 528. The predicted molar refractivity (Wildman–Crippen MR) is 87.2 cm³/mol. The molecular weight excluding hydrogens is 297 g/mol. The van der Waals surface area contributed by atoms with Crippen LogP contribution in [0.4, 0.5) is 4.39 Å². The Morgan fingerprint density at radius 2 is 2.00 bits per heavy atom. The predicted octanol–water partition coefficient (Wildman–Crippen LogP) is 2.06. The van der Waals surface area contributed by atoms with Crippen molar-refractivity contribution in [1.82, 2.24) is 15.3 Å². The Labute approximate surface area is 137 Å². The SMILES string of the molecule is C[C@H]1CN(CC(C)(C)F)CCN1Cc1ccc(C(=O)NO)cc1. The smallest absolute Gasteiger partial charge is 0.274 e. The average Bonchev–Trinajstić information content (AvgIpc) is 2.48. The number of hydrogen-bond acceptors (Lipinski definition) is 4. The van der Waals surface area contributed by atoms with E-state index in [2.05, 4.69) is 16.7 Å². The Kier molecular flexibility index (Phi) is 5.73. The highest BCUT2D eigenvalue weighted by Gasteiger charge is 2.28. The number of halogens is 1. The van der Waals surface area contributed by atoms with Crippen LogP contribution in [0.3, 0.4) is 0 Å². The molecule has 23 heavy (non-hydrogen) atoms. The zero-order valence-corrected chi connectivity index (χ0v) is 14.1. The van der Waals surface area contributed by atoms with E-state index in [1.807, 2.05) is 12.1 Å². The van der Waals surface area contributed by atoms with Gasteiger partial charge in [0.25, 0.3) is 5.91 Å². The van der Waals surface area contributed by atoms with Gasteiger partial charge in [-0.15, -0.1) is 0 Å². The maximum Gasteiger partial charge on any atom is 0.274 e. The van der Waals surface area contributed by atoms with E-state index in [1.54, 1.807) is 31.5 Å². The number of piperazine rings is 1. The minimum atomic E-state index is -1.16. The lowest BCUT2D eigenvalue weighted by Crippen LogP contribution is -2.53. The summed E-state index contributed by atoms with van der Waals surface area (Å²) in [6.07, 6.45) is 0. The second-order valence-corrected chi connectivity index (χ2v) is 6.91. The number of nitrogens with zero attached hydrogens (tertiary/aromatic N) is 2. The molecule has 5 nitrogen and oxygen atoms in total. The molecule has 1 aliphatic rings. The number of benzene rings is 1. The minimum absolute atomic E-state index is 0.353. The van der Waals surface area contributed by atoms with Gasteiger partial charge in [-0.2, -0.15) is 0 Å². The Morgan fingerprint density at radius 3 is 2.52 bits per heavy atom. The van der Waals surface area contributed by atoms with Gasteiger partial charge in [-0.1, -0.05) is 12.1 Å². The molecule has 1 atom stereocenters. The second kappa shape index (κ2) is 7.38. The normalized spacial score (nSPS) is 20.5. The van der Waals surface area contributed by atoms with Crippen LogP contribution in [0, 0.1) is 0 Å². The zero-order chi connectivity index (χ0) is 17.0. The lowest BCUT2D eigenvalue weighted by molar-refractivity contribution is 0.0424. The molecular formula is C17H26FN3O2. The Balaban J connectivity index is 1.90. The minimum Gasteiger partial charge on any atom is -0.297 e. The summed E-state index contributed by atoms with van der Waals surface area (Å²) in [5.41, 5.74) is 2.01. The molecule has 1 aliphatic heterocycles. The van der Waals surface area contributed by atoms with E-state index in [-0.39, 0.29) is 0 Å². The van der Waals surface area contributed by atoms with Gasteiger partial charge in [0.2, 0.25) is 0 Å². The van der Waals surface area contributed by atoms with E-state index in [1.165, 1.54) is 0 Å². The lowest BCUT2D eigenvalue weighted by atomic mass is 10.1. The fraction of sp³-hybridized carbons (Fsp3) is 0.588. The van der Waals surface area contributed by atoms with Gasteiger partial charge in [-0.3, -0.25) is 19.8 Å². The summed E-state index contributed by atoms with van der Waals surface area (Å²) in [5, 5.41) is 8.62. The van der Waals surface area contributed by atoms with E-state index in [9.17, 15) is 9.18 Å². The molecule has 0 aromatic heterocycles. The third kappa shape index (κ3) is 5.27. The molecule has 2 rings (SSSR count). The van der Waals surface area contributed by atoms with Crippen LogP contribution in [0.2, 0.25) is 0 Å². The molecule has 0 unspecified atom stereocenters. The fourth-order valence-electron chi connectivity index (χ4n) is 3.04. The fourth-order valence-corrected chi connectivity index (χ4v) is 3.04. The molecule has 1 heterocycles. The first-order chi connectivity index (χ1) is 10.8. The number of rotatable bonds is 5. The molecule has 0 radical (unpaired) electrons. The molecule has 1 aromatic rings. The molecule has 1 aromatic carbocycles. The summed E-state index contributed by atoms with van der Waals surface area (Å²) < 4.78 is 13.8. The van der Waals surface area contributed by atoms with E-state index in [0.29, 0.717) is 18.2 Å². The van der Waals surface area contributed by atoms with Crippen molar-refractivity contribution in [1.29, 1.82) is 0 Å². The van der Waals surface area contributed by atoms with Crippen molar-refractivity contribution in [3.63, 3.8) is 0 Å². The standard InChI is InChI=1S/C17H26FN3O2/c1-13-10-20(12-17(2,3)18)8-9-21(13)11-14-4-6-15(7-5-14)16(22)19-23/h4-7,13,23H,8-12H2,1-3H3,(H,19,22)/t13-/m0/s1. The van der Waals surface area contributed by atoms with Crippen LogP contribution >= 0.6 is 0 Å². The molecule has 0 bridgehead atoms. The van der Waals surface area contributed by atoms with Gasteiger partial charge in [0.15, 0.2) is 0 Å². The molecule has 2 N–H and O–H groups in total. The summed E-state index contributed by atoms with van der Waals surface area (Å²) in [7, 11) is 0. The number of amides is 1. The van der Waals surface area contributed by atoms with E-state index in [0.717, 1.165) is 31.7 Å². The summed E-state index contributed by atoms with van der Waals surface area (Å²) >= 11 is 0. The van der Waals surface area contributed by atoms with Gasteiger partial charge in [-0.25, -0.2) is 9.87 Å². The van der Waals surface area contributed by atoms with Crippen LogP contribution < -0.4 is 5.48 Å². The molecule has 1 amide bonds. The van der Waals surface area contributed by atoms with Crippen molar-refractivity contribution < 1.29 is 14.4 Å². The Morgan fingerprint density at radius 1 is 1.35 bits per heavy atom. The summed E-state index contributed by atoms with van der Waals surface area (Å²) in [4.78, 5) is 15.8. The van der Waals surface area contributed by atoms with E-state index >= 15 is 0 Å². The average molecular weight is 323 g/mol. The van der Waals surface area contributed by atoms with Crippen molar-refractivity contribution in [2.24, 2.45) is 0 Å². The Hall–Kier alpha value is -1.50. The molecule has 128 valence electrons. The molecule has 0 saturated carbocycles. The maximum atomic E-state index is 13.8. The maximum absolute atomic E-state index is 13.8. The van der Waals surface area contributed by atoms with Crippen LogP contribution in [0.25, 0.3) is 0 Å². The lowest BCUT2D eigenvalue weighted by Gasteiger charge is -2.41. The van der Waals surface area contributed by atoms with Crippen molar-refractivity contribution in [2.75, 3.05) is 26.2 Å². The van der Waals surface area contributed by atoms with Gasteiger partial charge < -0.3 is 0 Å². The number of carbonyl (C=O) groups excluding carboxylic acids is 1. The van der Waals surface area contributed by atoms with Crippen LogP contribution in [0.5, 0.6) is 0 Å². The summed E-state index contributed by atoms with van der Waals surface area (Å²) in [5.74, 6) is -0.507. The van der Waals surface area contributed by atoms with Crippen LogP contribution in [0.1, 0.15) is 36.7 Å². The van der Waals surface area contributed by atoms with Gasteiger partial charge in [0.05, 0.1) is 0 Å². The number of carbonyl (C=O) groups is 1. The monoisotopic (exact) mass is 323 g/mol. The first-order valence-electron chi connectivity index (χ1n) is 7.97. The van der Waals surface area contributed by atoms with Crippen molar-refractivity contribution in [3.8, 4) is 0 Å². The first kappa shape index (κ1) is 17.8. The zero-order valence-electron chi connectivity index (χ0n) is 14.1. The van der Waals surface area contributed by atoms with Crippen molar-refractivity contribution in [2.45, 2.75) is 39.0 Å². The molecule has 1 saturated heterocycles. The second-order valence-electron chi connectivity index (χ2n) is 6.91. The van der Waals surface area contributed by atoms with Crippen LogP contribution in [0.15, 0.2) is 24.3 Å². The molecule has 0 spiro atoms. The number of alkyl halides is 1. The van der Waals surface area contributed by atoms with Crippen LogP contribution in [-0.4, -0.2) is 58.8 Å². The number of hydroxylamine groups is 1. The first-order valence-corrected chi connectivity index (χ1v) is 7.97. The molecule has 0 aliphatic carbocycles. The van der Waals surface area contributed by atoms with Crippen molar-refractivity contribution in [3.05, 3.63) is 35.4 Å². The summed E-state index contributed by atoms with van der Waals surface area (Å²) in [6.45, 7) is 9.29. The largest absolute Gasteiger partial charge is 0.297 e. The molecule has 6 heteroatoms.